The second-order valence-corrected chi connectivity index (χ2v) is 3.49. The Balaban J connectivity index is 1.90. The molecule has 6 nitrogen and oxygen atoms in total. The van der Waals surface area contributed by atoms with Gasteiger partial charge < -0.3 is 5.32 Å². The summed E-state index contributed by atoms with van der Waals surface area (Å²) in [6, 6.07) is 3.50. The molecule has 0 saturated heterocycles. The summed E-state index contributed by atoms with van der Waals surface area (Å²) in [4.78, 5) is 15.7. The van der Waals surface area contributed by atoms with E-state index in [-0.39, 0.29) is 5.91 Å². The Kier molecular flexibility index (Phi) is 3.00. The first-order chi connectivity index (χ1) is 7.75. The van der Waals surface area contributed by atoms with Crippen molar-refractivity contribution in [1.82, 2.24) is 16.2 Å². The lowest BCUT2D eigenvalue weighted by Crippen LogP contribution is -2.46. The maximum absolute atomic E-state index is 11.6. The van der Waals surface area contributed by atoms with Crippen molar-refractivity contribution in [2.24, 2.45) is 12.0 Å². The fraction of sp³-hybridized carbons (Fsp3) is 0.300. The van der Waals surface area contributed by atoms with Crippen LogP contribution in [-0.2, 0) is 7.05 Å². The van der Waals surface area contributed by atoms with E-state index < -0.39 is 0 Å². The van der Waals surface area contributed by atoms with Crippen molar-refractivity contribution in [1.29, 1.82) is 0 Å². The Morgan fingerprint density at radius 2 is 2.25 bits per heavy atom. The van der Waals surface area contributed by atoms with Gasteiger partial charge in [-0.25, -0.2) is 4.57 Å². The van der Waals surface area contributed by atoms with Crippen molar-refractivity contribution >= 4 is 11.9 Å². The van der Waals surface area contributed by atoms with Crippen molar-refractivity contribution in [2.45, 2.75) is 0 Å². The molecule has 0 fully saturated rings. The van der Waals surface area contributed by atoms with Crippen molar-refractivity contribution in [2.75, 3.05) is 13.1 Å². The number of carbonyl (C=O) groups excluding carboxylic acids is 1. The summed E-state index contributed by atoms with van der Waals surface area (Å²) >= 11 is 0. The molecule has 0 aromatic carbocycles. The minimum Gasteiger partial charge on any atom is -0.353 e. The van der Waals surface area contributed by atoms with Crippen LogP contribution >= 0.6 is 0 Å². The number of nitrogens with one attached hydrogen (secondary N) is 3. The van der Waals surface area contributed by atoms with Crippen molar-refractivity contribution < 1.29 is 9.36 Å². The highest BCUT2D eigenvalue weighted by atomic mass is 16.2. The van der Waals surface area contributed by atoms with Crippen LogP contribution in [0.4, 0.5) is 0 Å². The Labute approximate surface area is 93.4 Å². The van der Waals surface area contributed by atoms with Gasteiger partial charge in [-0.15, -0.1) is 0 Å². The van der Waals surface area contributed by atoms with Gasteiger partial charge in [0.1, 0.15) is 7.05 Å². The number of hydrogen-bond donors (Lipinski definition) is 3. The molecule has 3 N–H and O–H groups in total. The van der Waals surface area contributed by atoms with E-state index in [1.165, 1.54) is 0 Å². The van der Waals surface area contributed by atoms with Gasteiger partial charge >= 0.3 is 0 Å². The molecule has 0 radical (unpaired) electrons. The highest BCUT2D eigenvalue weighted by Crippen LogP contribution is 1.93. The first-order valence-electron chi connectivity index (χ1n) is 5.06. The van der Waals surface area contributed by atoms with Gasteiger partial charge in [-0.1, -0.05) is 0 Å². The third-order valence-electron chi connectivity index (χ3n) is 2.21. The molecule has 0 aliphatic carbocycles. The van der Waals surface area contributed by atoms with Crippen LogP contribution in [0.5, 0.6) is 0 Å². The molecule has 0 bridgehead atoms. The highest BCUT2D eigenvalue weighted by molar-refractivity contribution is 5.95. The Morgan fingerprint density at radius 1 is 1.50 bits per heavy atom. The van der Waals surface area contributed by atoms with Gasteiger partial charge in [-0.05, 0) is 0 Å². The topological polar surface area (TPSA) is 69.4 Å². The Bertz CT molecular complexity index is 412. The summed E-state index contributed by atoms with van der Waals surface area (Å²) in [5.74, 6) is 0.423. The van der Waals surface area contributed by atoms with Gasteiger partial charge in [0.05, 0.1) is 12.1 Å². The molecular weight excluding hydrogens is 206 g/mol. The molecule has 0 atom stereocenters. The summed E-state index contributed by atoms with van der Waals surface area (Å²) < 4.78 is 1.87. The molecule has 0 unspecified atom stereocenters. The molecular formula is C10H14N5O+. The molecule has 2 heterocycles. The van der Waals surface area contributed by atoms with E-state index in [1.807, 2.05) is 24.0 Å². The molecule has 1 aliphatic rings. The smallest absolute Gasteiger partial charge is 0.270 e. The van der Waals surface area contributed by atoms with Gasteiger partial charge in [-0.2, -0.15) is 0 Å². The third-order valence-corrected chi connectivity index (χ3v) is 2.21. The van der Waals surface area contributed by atoms with Crippen LogP contribution in [0.2, 0.25) is 0 Å². The SMILES string of the molecule is C[n+]1ccc(C(=O)NNC2=NCCN2)cc1. The van der Waals surface area contributed by atoms with E-state index in [1.54, 1.807) is 12.1 Å². The predicted molar refractivity (Wildman–Crippen MR) is 58.5 cm³/mol. The summed E-state index contributed by atoms with van der Waals surface area (Å²) in [5.41, 5.74) is 5.90. The van der Waals surface area contributed by atoms with Crippen LogP contribution in [0.3, 0.4) is 0 Å². The zero-order valence-electron chi connectivity index (χ0n) is 9.03. The van der Waals surface area contributed by atoms with Crippen LogP contribution in [0, 0.1) is 0 Å². The minimum atomic E-state index is -0.183. The summed E-state index contributed by atoms with van der Waals surface area (Å²) in [6.07, 6.45) is 3.64. The lowest BCUT2D eigenvalue weighted by atomic mass is 10.2. The summed E-state index contributed by atoms with van der Waals surface area (Å²) in [5, 5.41) is 2.99. The van der Waals surface area contributed by atoms with Gasteiger partial charge in [-0.3, -0.25) is 20.6 Å². The highest BCUT2D eigenvalue weighted by Gasteiger charge is 2.08. The van der Waals surface area contributed by atoms with E-state index >= 15 is 0 Å². The van der Waals surface area contributed by atoms with E-state index in [0.29, 0.717) is 11.5 Å². The van der Waals surface area contributed by atoms with Crippen LogP contribution in [-0.4, -0.2) is 25.0 Å². The number of carbonyl (C=O) groups is 1. The quantitative estimate of drug-likeness (QED) is 0.407. The molecule has 1 aliphatic heterocycles. The zero-order chi connectivity index (χ0) is 11.4. The van der Waals surface area contributed by atoms with Crippen molar-refractivity contribution in [3.05, 3.63) is 30.1 Å². The predicted octanol–water partition coefficient (Wildman–Crippen LogP) is -1.30. The standard InChI is InChI=1S/C10H13N5O/c1-15-6-2-8(3-7-15)9(16)13-14-10-11-4-5-12-10/h2-3,6-7H,4-5H2,1H3,(H2,11,12,16)/p+1. The van der Waals surface area contributed by atoms with Gasteiger partial charge in [0.2, 0.25) is 5.96 Å². The Morgan fingerprint density at radius 3 is 2.88 bits per heavy atom. The number of aromatic nitrogens is 1. The molecule has 0 spiro atoms. The first-order valence-corrected chi connectivity index (χ1v) is 5.06. The minimum absolute atomic E-state index is 0.183. The van der Waals surface area contributed by atoms with Crippen LogP contribution in [0.1, 0.15) is 10.4 Å². The second kappa shape index (κ2) is 4.61. The number of rotatable bonds is 1. The molecule has 1 aromatic heterocycles. The fourth-order valence-electron chi connectivity index (χ4n) is 1.32. The van der Waals surface area contributed by atoms with Crippen molar-refractivity contribution in [3.8, 4) is 0 Å². The molecule has 16 heavy (non-hydrogen) atoms. The number of aryl methyl sites for hydroxylation is 1. The lowest BCUT2D eigenvalue weighted by molar-refractivity contribution is -0.671. The monoisotopic (exact) mass is 220 g/mol. The summed E-state index contributed by atoms with van der Waals surface area (Å²) in [6.45, 7) is 1.54. The zero-order valence-corrected chi connectivity index (χ0v) is 9.03. The average molecular weight is 220 g/mol. The van der Waals surface area contributed by atoms with Crippen LogP contribution < -0.4 is 20.7 Å². The average Bonchev–Trinajstić information content (AvgIpc) is 2.80. The van der Waals surface area contributed by atoms with Crippen molar-refractivity contribution in [3.63, 3.8) is 0 Å². The van der Waals surface area contributed by atoms with Gasteiger partial charge in [0, 0.05) is 18.7 Å². The number of hydrogen-bond acceptors (Lipinski definition) is 4. The molecule has 6 heteroatoms. The van der Waals surface area contributed by atoms with E-state index in [9.17, 15) is 4.79 Å². The second-order valence-electron chi connectivity index (χ2n) is 3.49. The normalized spacial score (nSPS) is 13.9. The maximum Gasteiger partial charge on any atom is 0.270 e. The molecule has 1 aromatic rings. The number of nitrogens with zero attached hydrogens (tertiary/aromatic N) is 2. The molecule has 0 saturated carbocycles. The number of hydrazine groups is 1. The van der Waals surface area contributed by atoms with E-state index in [0.717, 1.165) is 13.1 Å². The molecule has 84 valence electrons. The molecule has 1 amide bonds. The number of pyridine rings is 1. The fourth-order valence-corrected chi connectivity index (χ4v) is 1.32. The number of amides is 1. The molecule has 2 rings (SSSR count). The first kappa shape index (κ1) is 10.4. The van der Waals surface area contributed by atoms with E-state index in [2.05, 4.69) is 21.2 Å². The third kappa shape index (κ3) is 2.47. The maximum atomic E-state index is 11.6. The van der Waals surface area contributed by atoms with Crippen LogP contribution in [0.15, 0.2) is 29.5 Å². The Hall–Kier alpha value is -2.11. The summed E-state index contributed by atoms with van der Waals surface area (Å²) in [7, 11) is 1.90. The number of aliphatic imine (C=N–C) groups is 1. The lowest BCUT2D eigenvalue weighted by Gasteiger charge is -2.07. The van der Waals surface area contributed by atoms with E-state index in [4.69, 9.17) is 0 Å². The van der Waals surface area contributed by atoms with Gasteiger partial charge in [0.25, 0.3) is 5.91 Å². The van der Waals surface area contributed by atoms with Gasteiger partial charge in [0.15, 0.2) is 12.4 Å². The number of guanidine groups is 1. The van der Waals surface area contributed by atoms with Crippen LogP contribution in [0.25, 0.3) is 0 Å². The largest absolute Gasteiger partial charge is 0.353 e.